The molecule has 2 nitrogen and oxygen atoms in total. The highest BCUT2D eigenvalue weighted by Gasteiger charge is 2.05. The average molecular weight is 259 g/mol. The molecule has 0 aliphatic carbocycles. The molecule has 3 heteroatoms. The van der Waals surface area contributed by atoms with E-state index in [1.165, 1.54) is 0 Å². The Morgan fingerprint density at radius 3 is 2.61 bits per heavy atom. The summed E-state index contributed by atoms with van der Waals surface area (Å²) in [5.41, 5.74) is 8.85. The molecule has 0 radical (unpaired) electrons. The van der Waals surface area contributed by atoms with Crippen LogP contribution in [0, 0.1) is 6.92 Å². The lowest BCUT2D eigenvalue weighted by Crippen LogP contribution is -2.04. The van der Waals surface area contributed by atoms with Crippen LogP contribution in [0.5, 0.6) is 0 Å². The number of nitrogens with two attached hydrogens (primary N) is 1. The summed E-state index contributed by atoms with van der Waals surface area (Å²) in [6, 6.07) is 15.6. The van der Waals surface area contributed by atoms with Crippen molar-refractivity contribution >= 4 is 16.5 Å². The largest absolute Gasteiger partial charge is 0.399 e. The number of nitrogen functional groups attached to an aromatic ring is 1. The van der Waals surface area contributed by atoms with E-state index in [9.17, 15) is 4.21 Å². The molecule has 0 fully saturated rings. The third-order valence-electron chi connectivity index (χ3n) is 2.86. The molecule has 0 aliphatic heterocycles. The minimum atomic E-state index is -0.958. The zero-order valence-electron chi connectivity index (χ0n) is 10.4. The summed E-state index contributed by atoms with van der Waals surface area (Å²) in [5.74, 6) is 0.609. The first-order valence-corrected chi connectivity index (χ1v) is 7.27. The van der Waals surface area contributed by atoms with Crippen molar-refractivity contribution in [1.29, 1.82) is 0 Å². The van der Waals surface area contributed by atoms with Crippen LogP contribution in [0.1, 0.15) is 11.1 Å². The zero-order chi connectivity index (χ0) is 13.0. The molecule has 0 saturated carbocycles. The predicted octanol–water partition coefficient (Wildman–Crippen LogP) is 2.93. The zero-order valence-corrected chi connectivity index (χ0v) is 11.2. The smallest absolute Gasteiger partial charge is 0.0532 e. The molecule has 18 heavy (non-hydrogen) atoms. The predicted molar refractivity (Wildman–Crippen MR) is 77.0 cm³/mol. The van der Waals surface area contributed by atoms with Crippen LogP contribution in [0.25, 0.3) is 0 Å². The van der Waals surface area contributed by atoms with Gasteiger partial charge in [0.25, 0.3) is 0 Å². The van der Waals surface area contributed by atoms with Crippen molar-refractivity contribution in [3.05, 3.63) is 59.7 Å². The number of anilines is 1. The Kier molecular flexibility index (Phi) is 4.15. The highest BCUT2D eigenvalue weighted by atomic mass is 32.2. The van der Waals surface area contributed by atoms with Crippen molar-refractivity contribution in [2.45, 2.75) is 18.2 Å². The number of aryl methyl sites for hydroxylation is 2. The summed E-state index contributed by atoms with van der Waals surface area (Å²) in [5, 5.41) is 0. The molecule has 0 aromatic heterocycles. The molecule has 2 aromatic carbocycles. The van der Waals surface area contributed by atoms with Crippen LogP contribution in [0.4, 0.5) is 5.69 Å². The first kappa shape index (κ1) is 12.8. The van der Waals surface area contributed by atoms with E-state index < -0.39 is 10.8 Å². The van der Waals surface area contributed by atoms with E-state index in [2.05, 4.69) is 0 Å². The fraction of sp³-hybridized carbons (Fsp3) is 0.200. The van der Waals surface area contributed by atoms with Crippen molar-refractivity contribution < 1.29 is 4.21 Å². The summed E-state index contributed by atoms with van der Waals surface area (Å²) >= 11 is 0. The molecular formula is C15H17NOS. The lowest BCUT2D eigenvalue weighted by Gasteiger charge is -2.06. The van der Waals surface area contributed by atoms with E-state index in [1.807, 2.05) is 55.5 Å². The Morgan fingerprint density at radius 2 is 1.89 bits per heavy atom. The standard InChI is InChI=1S/C15H17NOS/c1-12-5-4-7-14(11-12)18(17)10-9-13-6-2-3-8-15(13)16/h2-8,11H,9-10,16H2,1H3. The second kappa shape index (κ2) is 5.83. The SMILES string of the molecule is Cc1cccc(S(=O)CCc2ccccc2N)c1. The molecule has 0 bridgehead atoms. The maximum atomic E-state index is 12.2. The summed E-state index contributed by atoms with van der Waals surface area (Å²) in [6.07, 6.45) is 0.743. The maximum Gasteiger partial charge on any atom is 0.0532 e. The van der Waals surface area contributed by atoms with E-state index in [4.69, 9.17) is 5.73 Å². The second-order valence-electron chi connectivity index (χ2n) is 4.31. The molecule has 0 spiro atoms. The molecular weight excluding hydrogens is 242 g/mol. The number of para-hydroxylation sites is 1. The molecule has 1 atom stereocenters. The van der Waals surface area contributed by atoms with Gasteiger partial charge in [0.1, 0.15) is 0 Å². The van der Waals surface area contributed by atoms with Crippen LogP contribution >= 0.6 is 0 Å². The Bertz CT molecular complexity index is 566. The van der Waals surface area contributed by atoms with Gasteiger partial charge in [0.15, 0.2) is 0 Å². The molecule has 2 N–H and O–H groups in total. The molecule has 0 saturated heterocycles. The van der Waals surface area contributed by atoms with Crippen molar-refractivity contribution in [2.24, 2.45) is 0 Å². The van der Waals surface area contributed by atoms with Gasteiger partial charge in [-0.3, -0.25) is 4.21 Å². The Morgan fingerprint density at radius 1 is 1.11 bits per heavy atom. The van der Waals surface area contributed by atoms with Crippen molar-refractivity contribution in [2.75, 3.05) is 11.5 Å². The fourth-order valence-corrected chi connectivity index (χ4v) is 3.03. The maximum absolute atomic E-state index is 12.2. The third-order valence-corrected chi connectivity index (χ3v) is 4.22. The van der Waals surface area contributed by atoms with E-state index in [-0.39, 0.29) is 0 Å². The number of hydrogen-bond acceptors (Lipinski definition) is 2. The van der Waals surface area contributed by atoms with Crippen molar-refractivity contribution in [1.82, 2.24) is 0 Å². The highest BCUT2D eigenvalue weighted by molar-refractivity contribution is 7.85. The van der Waals surface area contributed by atoms with Crippen LogP contribution in [-0.2, 0) is 17.2 Å². The lowest BCUT2D eigenvalue weighted by molar-refractivity contribution is 0.682. The average Bonchev–Trinajstić information content (AvgIpc) is 2.37. The molecule has 0 amide bonds. The topological polar surface area (TPSA) is 43.1 Å². The second-order valence-corrected chi connectivity index (χ2v) is 5.89. The molecule has 2 aromatic rings. The summed E-state index contributed by atoms with van der Waals surface area (Å²) in [7, 11) is -0.958. The fourth-order valence-electron chi connectivity index (χ4n) is 1.84. The van der Waals surface area contributed by atoms with Crippen LogP contribution in [0.2, 0.25) is 0 Å². The first-order chi connectivity index (χ1) is 8.66. The Labute approximate surface area is 110 Å². The minimum Gasteiger partial charge on any atom is -0.399 e. The Hall–Kier alpha value is -1.61. The lowest BCUT2D eigenvalue weighted by atomic mass is 10.1. The van der Waals surface area contributed by atoms with E-state index in [0.717, 1.165) is 28.1 Å². The number of hydrogen-bond donors (Lipinski definition) is 1. The monoisotopic (exact) mass is 259 g/mol. The van der Waals surface area contributed by atoms with Gasteiger partial charge in [0, 0.05) is 16.3 Å². The highest BCUT2D eigenvalue weighted by Crippen LogP contribution is 2.14. The Balaban J connectivity index is 2.03. The number of rotatable bonds is 4. The molecule has 0 heterocycles. The van der Waals surface area contributed by atoms with Gasteiger partial charge in [-0.15, -0.1) is 0 Å². The minimum absolute atomic E-state index is 0.609. The van der Waals surface area contributed by atoms with Gasteiger partial charge >= 0.3 is 0 Å². The molecule has 0 aliphatic rings. The van der Waals surface area contributed by atoms with Gasteiger partial charge < -0.3 is 5.73 Å². The van der Waals surface area contributed by atoms with E-state index in [1.54, 1.807) is 0 Å². The summed E-state index contributed by atoms with van der Waals surface area (Å²) < 4.78 is 12.2. The third kappa shape index (κ3) is 3.20. The normalized spacial score (nSPS) is 12.3. The van der Waals surface area contributed by atoms with Gasteiger partial charge in [-0.25, -0.2) is 0 Å². The van der Waals surface area contributed by atoms with E-state index in [0.29, 0.717) is 5.75 Å². The molecule has 2 rings (SSSR count). The molecule has 94 valence electrons. The van der Waals surface area contributed by atoms with Crippen LogP contribution in [0.15, 0.2) is 53.4 Å². The van der Waals surface area contributed by atoms with Crippen LogP contribution in [-0.4, -0.2) is 9.96 Å². The summed E-state index contributed by atoms with van der Waals surface area (Å²) in [4.78, 5) is 0.893. The van der Waals surface area contributed by atoms with Gasteiger partial charge in [-0.1, -0.05) is 30.3 Å². The van der Waals surface area contributed by atoms with Crippen LogP contribution in [0.3, 0.4) is 0 Å². The van der Waals surface area contributed by atoms with E-state index >= 15 is 0 Å². The number of benzene rings is 2. The van der Waals surface area contributed by atoms with Gasteiger partial charge in [0.05, 0.1) is 10.8 Å². The van der Waals surface area contributed by atoms with Gasteiger partial charge in [0.2, 0.25) is 0 Å². The first-order valence-electron chi connectivity index (χ1n) is 5.95. The van der Waals surface area contributed by atoms with Gasteiger partial charge in [-0.05, 0) is 42.7 Å². The molecule has 1 unspecified atom stereocenters. The van der Waals surface area contributed by atoms with Crippen LogP contribution < -0.4 is 5.73 Å². The quantitative estimate of drug-likeness (QED) is 0.858. The van der Waals surface area contributed by atoms with Crippen molar-refractivity contribution in [3.8, 4) is 0 Å². The summed E-state index contributed by atoms with van der Waals surface area (Å²) in [6.45, 7) is 2.01. The van der Waals surface area contributed by atoms with Gasteiger partial charge in [-0.2, -0.15) is 0 Å². The van der Waals surface area contributed by atoms with Crippen molar-refractivity contribution in [3.63, 3.8) is 0 Å².